The molecule has 0 saturated heterocycles. The molecule has 0 atom stereocenters. The largest absolute Gasteiger partial charge is 0.497 e. The van der Waals surface area contributed by atoms with Gasteiger partial charge in [-0.25, -0.2) is 0 Å². The molecule has 0 spiro atoms. The van der Waals surface area contributed by atoms with E-state index in [0.29, 0.717) is 12.6 Å². The van der Waals surface area contributed by atoms with Gasteiger partial charge in [0.05, 0.1) is 7.11 Å². The summed E-state index contributed by atoms with van der Waals surface area (Å²) in [4.78, 5) is 2.48. The van der Waals surface area contributed by atoms with Gasteiger partial charge >= 0.3 is 0 Å². The molecule has 1 fully saturated rings. The highest BCUT2D eigenvalue weighted by Crippen LogP contribution is 2.23. The van der Waals surface area contributed by atoms with E-state index in [-0.39, 0.29) is 0 Å². The second-order valence-corrected chi connectivity index (χ2v) is 5.29. The summed E-state index contributed by atoms with van der Waals surface area (Å²) in [6.07, 6.45) is 5.32. The van der Waals surface area contributed by atoms with Crippen LogP contribution in [0.25, 0.3) is 0 Å². The van der Waals surface area contributed by atoms with Crippen LogP contribution in [0.3, 0.4) is 0 Å². The molecule has 1 aliphatic rings. The summed E-state index contributed by atoms with van der Waals surface area (Å²) >= 11 is 0. The maximum atomic E-state index is 5.80. The van der Waals surface area contributed by atoms with Crippen molar-refractivity contribution < 1.29 is 9.47 Å². The molecule has 1 aromatic carbocycles. The summed E-state index contributed by atoms with van der Waals surface area (Å²) in [5.41, 5.74) is 5.72. The third-order valence-electron chi connectivity index (χ3n) is 3.96. The fourth-order valence-corrected chi connectivity index (χ4v) is 2.86. The van der Waals surface area contributed by atoms with Gasteiger partial charge in [-0.05, 0) is 37.1 Å². The molecule has 2 rings (SSSR count). The fourth-order valence-electron chi connectivity index (χ4n) is 2.86. The second kappa shape index (κ2) is 8.12. The monoisotopic (exact) mass is 278 g/mol. The van der Waals surface area contributed by atoms with Gasteiger partial charge in [-0.3, -0.25) is 4.90 Å². The Balaban J connectivity index is 1.76. The predicted molar refractivity (Wildman–Crippen MR) is 81.4 cm³/mol. The van der Waals surface area contributed by atoms with Gasteiger partial charge in [0, 0.05) is 25.7 Å². The minimum Gasteiger partial charge on any atom is -0.497 e. The molecule has 0 aromatic heterocycles. The van der Waals surface area contributed by atoms with Crippen molar-refractivity contribution in [1.29, 1.82) is 0 Å². The lowest BCUT2D eigenvalue weighted by Gasteiger charge is -2.28. The van der Waals surface area contributed by atoms with Crippen LogP contribution < -0.4 is 15.2 Å². The molecule has 0 heterocycles. The molecule has 0 bridgehead atoms. The minimum absolute atomic E-state index is 0.706. The average molecular weight is 278 g/mol. The average Bonchev–Trinajstić information content (AvgIpc) is 3.01. The maximum Gasteiger partial charge on any atom is 0.119 e. The zero-order chi connectivity index (χ0) is 14.2. The summed E-state index contributed by atoms with van der Waals surface area (Å²) in [5.74, 6) is 1.75. The molecular weight excluding hydrogens is 252 g/mol. The number of nitrogens with two attached hydrogens (primary N) is 1. The molecule has 0 amide bonds. The third kappa shape index (κ3) is 4.39. The van der Waals surface area contributed by atoms with Crippen molar-refractivity contribution in [1.82, 2.24) is 4.90 Å². The van der Waals surface area contributed by atoms with Gasteiger partial charge in [0.25, 0.3) is 0 Å². The highest BCUT2D eigenvalue weighted by molar-refractivity contribution is 5.31. The lowest BCUT2D eigenvalue weighted by molar-refractivity contribution is 0.164. The summed E-state index contributed by atoms with van der Waals surface area (Å²) < 4.78 is 10.9. The molecule has 0 unspecified atom stereocenters. The van der Waals surface area contributed by atoms with Crippen LogP contribution in [0.5, 0.6) is 11.5 Å². The van der Waals surface area contributed by atoms with Gasteiger partial charge in [-0.15, -0.1) is 0 Å². The highest BCUT2D eigenvalue weighted by atomic mass is 16.5. The van der Waals surface area contributed by atoms with Gasteiger partial charge in [0.1, 0.15) is 18.1 Å². The van der Waals surface area contributed by atoms with E-state index in [2.05, 4.69) is 4.90 Å². The zero-order valence-electron chi connectivity index (χ0n) is 12.4. The van der Waals surface area contributed by atoms with Crippen LogP contribution in [0.1, 0.15) is 25.7 Å². The first-order chi connectivity index (χ1) is 9.83. The first-order valence-electron chi connectivity index (χ1n) is 7.54. The Morgan fingerprint density at radius 1 is 1.10 bits per heavy atom. The van der Waals surface area contributed by atoms with E-state index in [9.17, 15) is 0 Å². The van der Waals surface area contributed by atoms with Gasteiger partial charge in [-0.2, -0.15) is 0 Å². The summed E-state index contributed by atoms with van der Waals surface area (Å²) in [6.45, 7) is 3.35. The lowest BCUT2D eigenvalue weighted by atomic mass is 10.2. The van der Waals surface area contributed by atoms with Crippen LogP contribution in [0.2, 0.25) is 0 Å². The first-order valence-corrected chi connectivity index (χ1v) is 7.54. The number of nitrogens with zero attached hydrogens (tertiary/aromatic N) is 1. The SMILES string of the molecule is COc1ccc(OCCN(CCN)C2CCCC2)cc1. The maximum absolute atomic E-state index is 5.80. The molecule has 0 radical (unpaired) electrons. The van der Waals surface area contributed by atoms with Crippen LogP contribution in [0, 0.1) is 0 Å². The van der Waals surface area contributed by atoms with Crippen LogP contribution in [0.15, 0.2) is 24.3 Å². The number of hydrogen-bond donors (Lipinski definition) is 1. The molecule has 112 valence electrons. The predicted octanol–water partition coefficient (Wildman–Crippen LogP) is 2.28. The zero-order valence-corrected chi connectivity index (χ0v) is 12.4. The Labute approximate surface area is 121 Å². The number of benzene rings is 1. The van der Waals surface area contributed by atoms with E-state index in [1.165, 1.54) is 25.7 Å². The highest BCUT2D eigenvalue weighted by Gasteiger charge is 2.21. The topological polar surface area (TPSA) is 47.7 Å². The van der Waals surface area contributed by atoms with Gasteiger partial charge < -0.3 is 15.2 Å². The minimum atomic E-state index is 0.706. The molecule has 0 aliphatic heterocycles. The van der Waals surface area contributed by atoms with Crippen molar-refractivity contribution in [3.05, 3.63) is 24.3 Å². The van der Waals surface area contributed by atoms with E-state index in [4.69, 9.17) is 15.2 Å². The van der Waals surface area contributed by atoms with Crippen LogP contribution in [-0.4, -0.2) is 44.3 Å². The number of methoxy groups -OCH3 is 1. The van der Waals surface area contributed by atoms with Crippen molar-refractivity contribution in [2.24, 2.45) is 5.73 Å². The molecule has 1 aromatic rings. The van der Waals surface area contributed by atoms with Crippen molar-refractivity contribution in [3.8, 4) is 11.5 Å². The van der Waals surface area contributed by atoms with Crippen LogP contribution in [-0.2, 0) is 0 Å². The Hall–Kier alpha value is -1.26. The van der Waals surface area contributed by atoms with Crippen molar-refractivity contribution >= 4 is 0 Å². The molecule has 4 heteroatoms. The Morgan fingerprint density at radius 2 is 1.75 bits per heavy atom. The summed E-state index contributed by atoms with van der Waals surface area (Å²) in [6, 6.07) is 8.44. The quantitative estimate of drug-likeness (QED) is 0.792. The molecule has 2 N–H and O–H groups in total. The van der Waals surface area contributed by atoms with E-state index >= 15 is 0 Å². The third-order valence-corrected chi connectivity index (χ3v) is 3.96. The summed E-state index contributed by atoms with van der Waals surface area (Å²) in [5, 5.41) is 0. The number of hydrogen-bond acceptors (Lipinski definition) is 4. The Kier molecular flexibility index (Phi) is 6.15. The normalized spacial score (nSPS) is 15.8. The second-order valence-electron chi connectivity index (χ2n) is 5.29. The fraction of sp³-hybridized carbons (Fsp3) is 0.625. The van der Waals surface area contributed by atoms with E-state index < -0.39 is 0 Å². The number of ether oxygens (including phenoxy) is 2. The first kappa shape index (κ1) is 15.1. The molecule has 1 aliphatic carbocycles. The van der Waals surface area contributed by atoms with Gasteiger partial charge in [0.2, 0.25) is 0 Å². The van der Waals surface area contributed by atoms with Crippen molar-refractivity contribution in [2.45, 2.75) is 31.7 Å². The van der Waals surface area contributed by atoms with Crippen LogP contribution >= 0.6 is 0 Å². The standard InChI is InChI=1S/C16H26N2O2/c1-19-15-6-8-16(9-7-15)20-13-12-18(11-10-17)14-4-2-3-5-14/h6-9,14H,2-5,10-13,17H2,1H3. The van der Waals surface area contributed by atoms with Gasteiger partial charge in [0.15, 0.2) is 0 Å². The summed E-state index contributed by atoms with van der Waals surface area (Å²) in [7, 11) is 1.67. The Morgan fingerprint density at radius 3 is 2.35 bits per heavy atom. The molecule has 1 saturated carbocycles. The molecular formula is C16H26N2O2. The Bertz CT molecular complexity index is 375. The number of rotatable bonds is 8. The van der Waals surface area contributed by atoms with E-state index in [0.717, 1.165) is 31.1 Å². The van der Waals surface area contributed by atoms with Crippen molar-refractivity contribution in [2.75, 3.05) is 33.4 Å². The molecule has 4 nitrogen and oxygen atoms in total. The van der Waals surface area contributed by atoms with E-state index in [1.807, 2.05) is 24.3 Å². The molecule has 20 heavy (non-hydrogen) atoms. The van der Waals surface area contributed by atoms with Gasteiger partial charge in [-0.1, -0.05) is 12.8 Å². The lowest BCUT2D eigenvalue weighted by Crippen LogP contribution is -2.39. The smallest absolute Gasteiger partial charge is 0.119 e. The van der Waals surface area contributed by atoms with Crippen LogP contribution in [0.4, 0.5) is 0 Å². The van der Waals surface area contributed by atoms with Crippen molar-refractivity contribution in [3.63, 3.8) is 0 Å². The van der Waals surface area contributed by atoms with E-state index in [1.54, 1.807) is 7.11 Å².